The van der Waals surface area contributed by atoms with Crippen molar-refractivity contribution in [1.82, 2.24) is 4.90 Å². The summed E-state index contributed by atoms with van der Waals surface area (Å²) in [5.74, 6) is 0.410. The van der Waals surface area contributed by atoms with Crippen LogP contribution in [0.4, 0.5) is 0 Å². The van der Waals surface area contributed by atoms with E-state index in [4.69, 9.17) is 5.11 Å². The highest BCUT2D eigenvalue weighted by molar-refractivity contribution is 5.66. The van der Waals surface area contributed by atoms with Gasteiger partial charge in [0.25, 0.3) is 0 Å². The number of carbonyl (C=O) groups is 1. The van der Waals surface area contributed by atoms with Gasteiger partial charge in [-0.1, -0.05) is 13.8 Å². The third-order valence-corrected chi connectivity index (χ3v) is 2.23. The van der Waals surface area contributed by atoms with E-state index in [-0.39, 0.29) is 5.92 Å². The van der Waals surface area contributed by atoms with E-state index in [1.54, 1.807) is 0 Å². The van der Waals surface area contributed by atoms with Crippen LogP contribution in [0.2, 0.25) is 0 Å². The number of aliphatic carboxylic acids is 1. The van der Waals surface area contributed by atoms with Crippen LogP contribution in [0.25, 0.3) is 0 Å². The van der Waals surface area contributed by atoms with Gasteiger partial charge in [-0.2, -0.15) is 0 Å². The van der Waals surface area contributed by atoms with Crippen LogP contribution in [0.1, 0.15) is 20.3 Å². The predicted octanol–water partition coefficient (Wildman–Crippen LogP) is 1.05. The molecule has 0 spiro atoms. The number of carboxylic acids is 1. The van der Waals surface area contributed by atoms with Crippen LogP contribution in [0.15, 0.2) is 0 Å². The molecule has 1 unspecified atom stereocenters. The Balaban J connectivity index is 2.10. The zero-order chi connectivity index (χ0) is 9.14. The molecule has 0 aromatic heterocycles. The first-order valence-electron chi connectivity index (χ1n) is 4.52. The molecule has 0 saturated carbocycles. The SMILES string of the molecule is CC(CC(=O)O)CN1CC(C)C1. The molecule has 1 saturated heterocycles. The summed E-state index contributed by atoms with van der Waals surface area (Å²) in [6.45, 7) is 7.44. The van der Waals surface area contributed by atoms with Crippen LogP contribution < -0.4 is 0 Å². The molecule has 3 heteroatoms. The quantitative estimate of drug-likeness (QED) is 0.687. The monoisotopic (exact) mass is 171 g/mol. The summed E-state index contributed by atoms with van der Waals surface area (Å²) in [4.78, 5) is 12.7. The molecule has 0 bridgehead atoms. The molecule has 1 atom stereocenters. The summed E-state index contributed by atoms with van der Waals surface area (Å²) in [5, 5.41) is 8.52. The summed E-state index contributed by atoms with van der Waals surface area (Å²) in [7, 11) is 0. The molecule has 0 aliphatic carbocycles. The standard InChI is InChI=1S/C9H17NO2/c1-7(3-9(11)12)4-10-5-8(2)6-10/h7-8H,3-6H2,1-2H3,(H,11,12). The van der Waals surface area contributed by atoms with Crippen molar-refractivity contribution in [2.24, 2.45) is 11.8 Å². The van der Waals surface area contributed by atoms with Crippen LogP contribution in [0.3, 0.4) is 0 Å². The summed E-state index contributed by atoms with van der Waals surface area (Å²) in [5.41, 5.74) is 0. The Hall–Kier alpha value is -0.570. The molecule has 1 fully saturated rings. The second-order valence-corrected chi connectivity index (χ2v) is 4.03. The first kappa shape index (κ1) is 9.52. The first-order valence-corrected chi connectivity index (χ1v) is 4.52. The van der Waals surface area contributed by atoms with Crippen molar-refractivity contribution in [2.75, 3.05) is 19.6 Å². The minimum Gasteiger partial charge on any atom is -0.481 e. The summed E-state index contributed by atoms with van der Waals surface area (Å²) >= 11 is 0. The van der Waals surface area contributed by atoms with E-state index < -0.39 is 5.97 Å². The van der Waals surface area contributed by atoms with Crippen LogP contribution in [-0.2, 0) is 4.79 Å². The van der Waals surface area contributed by atoms with Crippen LogP contribution in [-0.4, -0.2) is 35.6 Å². The maximum absolute atomic E-state index is 10.3. The van der Waals surface area contributed by atoms with E-state index >= 15 is 0 Å². The Morgan fingerprint density at radius 2 is 2.25 bits per heavy atom. The van der Waals surface area contributed by atoms with E-state index in [1.807, 2.05) is 6.92 Å². The fourth-order valence-electron chi connectivity index (χ4n) is 1.78. The topological polar surface area (TPSA) is 40.5 Å². The van der Waals surface area contributed by atoms with Gasteiger partial charge in [-0.05, 0) is 11.8 Å². The molecule has 1 rings (SSSR count). The lowest BCUT2D eigenvalue weighted by Gasteiger charge is -2.38. The molecular formula is C9H17NO2. The highest BCUT2D eigenvalue weighted by atomic mass is 16.4. The van der Waals surface area contributed by atoms with Gasteiger partial charge in [0, 0.05) is 26.1 Å². The molecule has 70 valence electrons. The minimum atomic E-state index is -0.684. The lowest BCUT2D eigenvalue weighted by atomic mass is 9.99. The van der Waals surface area contributed by atoms with E-state index in [2.05, 4.69) is 11.8 Å². The summed E-state index contributed by atoms with van der Waals surface area (Å²) in [6, 6.07) is 0. The largest absolute Gasteiger partial charge is 0.481 e. The Labute approximate surface area is 73.4 Å². The van der Waals surface area contributed by atoms with Gasteiger partial charge in [-0.25, -0.2) is 0 Å². The third-order valence-electron chi connectivity index (χ3n) is 2.23. The molecule has 0 radical (unpaired) electrons. The molecular weight excluding hydrogens is 154 g/mol. The Kier molecular flexibility index (Phi) is 3.09. The number of rotatable bonds is 4. The highest BCUT2D eigenvalue weighted by Gasteiger charge is 2.23. The van der Waals surface area contributed by atoms with Crippen molar-refractivity contribution in [3.05, 3.63) is 0 Å². The zero-order valence-electron chi connectivity index (χ0n) is 7.79. The van der Waals surface area contributed by atoms with E-state index in [0.29, 0.717) is 6.42 Å². The molecule has 0 amide bonds. The number of carboxylic acid groups (broad SMARTS) is 1. The zero-order valence-corrected chi connectivity index (χ0v) is 7.79. The van der Waals surface area contributed by atoms with Gasteiger partial charge in [0.05, 0.1) is 0 Å². The Morgan fingerprint density at radius 3 is 2.67 bits per heavy atom. The fraction of sp³-hybridized carbons (Fsp3) is 0.889. The van der Waals surface area contributed by atoms with Crippen molar-refractivity contribution in [1.29, 1.82) is 0 Å². The lowest BCUT2D eigenvalue weighted by Crippen LogP contribution is -2.47. The lowest BCUT2D eigenvalue weighted by molar-refractivity contribution is -0.138. The summed E-state index contributed by atoms with van der Waals surface area (Å²) in [6.07, 6.45) is 0.297. The van der Waals surface area contributed by atoms with Gasteiger partial charge in [0.15, 0.2) is 0 Å². The Bertz CT molecular complexity index is 164. The van der Waals surface area contributed by atoms with E-state index in [9.17, 15) is 4.79 Å². The van der Waals surface area contributed by atoms with Crippen LogP contribution in [0.5, 0.6) is 0 Å². The molecule has 1 aliphatic heterocycles. The summed E-state index contributed by atoms with van der Waals surface area (Å²) < 4.78 is 0. The van der Waals surface area contributed by atoms with Gasteiger partial charge >= 0.3 is 5.97 Å². The second kappa shape index (κ2) is 3.90. The number of likely N-dealkylation sites (tertiary alicyclic amines) is 1. The maximum Gasteiger partial charge on any atom is 0.303 e. The van der Waals surface area contributed by atoms with Crippen molar-refractivity contribution in [2.45, 2.75) is 20.3 Å². The van der Waals surface area contributed by atoms with Gasteiger partial charge < -0.3 is 10.0 Å². The van der Waals surface area contributed by atoms with Crippen molar-refractivity contribution in [3.8, 4) is 0 Å². The number of hydrogen-bond donors (Lipinski definition) is 1. The normalized spacial score (nSPS) is 21.8. The van der Waals surface area contributed by atoms with Gasteiger partial charge in [0.2, 0.25) is 0 Å². The number of hydrogen-bond acceptors (Lipinski definition) is 2. The molecule has 0 aromatic carbocycles. The highest BCUT2D eigenvalue weighted by Crippen LogP contribution is 2.16. The fourth-order valence-corrected chi connectivity index (χ4v) is 1.78. The predicted molar refractivity (Wildman–Crippen MR) is 47.0 cm³/mol. The van der Waals surface area contributed by atoms with Crippen molar-refractivity contribution < 1.29 is 9.90 Å². The second-order valence-electron chi connectivity index (χ2n) is 4.03. The van der Waals surface area contributed by atoms with Gasteiger partial charge in [-0.3, -0.25) is 4.79 Å². The Morgan fingerprint density at radius 1 is 1.67 bits per heavy atom. The first-order chi connectivity index (χ1) is 5.58. The van der Waals surface area contributed by atoms with Crippen molar-refractivity contribution >= 4 is 5.97 Å². The molecule has 1 aliphatic rings. The van der Waals surface area contributed by atoms with Gasteiger partial charge in [0.1, 0.15) is 0 Å². The molecule has 3 nitrogen and oxygen atoms in total. The van der Waals surface area contributed by atoms with E-state index in [1.165, 1.54) is 0 Å². The third kappa shape index (κ3) is 2.81. The molecule has 0 aromatic rings. The van der Waals surface area contributed by atoms with Crippen LogP contribution >= 0.6 is 0 Å². The minimum absolute atomic E-state index is 0.287. The average molecular weight is 171 g/mol. The maximum atomic E-state index is 10.3. The molecule has 1 heterocycles. The number of nitrogens with zero attached hydrogens (tertiary/aromatic N) is 1. The van der Waals surface area contributed by atoms with Gasteiger partial charge in [-0.15, -0.1) is 0 Å². The van der Waals surface area contributed by atoms with E-state index in [0.717, 1.165) is 25.6 Å². The van der Waals surface area contributed by atoms with Crippen molar-refractivity contribution in [3.63, 3.8) is 0 Å². The smallest absolute Gasteiger partial charge is 0.303 e. The van der Waals surface area contributed by atoms with Crippen LogP contribution in [0, 0.1) is 11.8 Å². The average Bonchev–Trinajstić information content (AvgIpc) is 1.82. The molecule has 12 heavy (non-hydrogen) atoms. The molecule has 1 N–H and O–H groups in total.